The van der Waals surface area contributed by atoms with Gasteiger partial charge in [-0.25, -0.2) is 4.98 Å². The topological polar surface area (TPSA) is 101 Å². The number of hydrogen-bond donors (Lipinski definition) is 2. The van der Waals surface area contributed by atoms with Gasteiger partial charge >= 0.3 is 12.1 Å². The van der Waals surface area contributed by atoms with E-state index >= 15 is 0 Å². The number of alkyl halides is 3. The van der Waals surface area contributed by atoms with Crippen LogP contribution >= 0.6 is 0 Å². The van der Waals surface area contributed by atoms with Gasteiger partial charge in [-0.05, 0) is 48.2 Å². The molecule has 2 aromatic rings. The lowest BCUT2D eigenvalue weighted by Crippen LogP contribution is -2.41. The van der Waals surface area contributed by atoms with Crippen molar-refractivity contribution >= 4 is 17.7 Å². The van der Waals surface area contributed by atoms with Gasteiger partial charge in [-0.2, -0.15) is 13.2 Å². The fourth-order valence-electron chi connectivity index (χ4n) is 4.14. The van der Waals surface area contributed by atoms with E-state index in [2.05, 4.69) is 10.3 Å². The van der Waals surface area contributed by atoms with E-state index in [0.29, 0.717) is 48.0 Å². The normalized spacial score (nSPS) is 15.7. The van der Waals surface area contributed by atoms with E-state index in [-0.39, 0.29) is 13.0 Å². The fourth-order valence-corrected chi connectivity index (χ4v) is 4.14. The molecule has 0 fully saturated rings. The number of rotatable bonds is 13. The minimum atomic E-state index is -4.60. The zero-order valence-electron chi connectivity index (χ0n) is 20.7. The summed E-state index contributed by atoms with van der Waals surface area (Å²) in [5.41, 5.74) is 1.96. The van der Waals surface area contributed by atoms with Crippen molar-refractivity contribution in [2.45, 2.75) is 45.3 Å². The lowest BCUT2D eigenvalue weighted by atomic mass is 9.94. The zero-order valence-corrected chi connectivity index (χ0v) is 20.7. The second kappa shape index (κ2) is 13.3. The molecule has 1 amide bonds. The summed E-state index contributed by atoms with van der Waals surface area (Å²) in [7, 11) is 0. The average Bonchev–Trinajstić information content (AvgIpc) is 2.94. The van der Waals surface area contributed by atoms with Crippen molar-refractivity contribution in [3.63, 3.8) is 0 Å². The molecule has 0 saturated carbocycles. The number of anilines is 1. The maximum atomic E-state index is 13.1. The molecule has 37 heavy (non-hydrogen) atoms. The van der Waals surface area contributed by atoms with Crippen molar-refractivity contribution in [3.8, 4) is 5.75 Å². The molecule has 11 heteroatoms. The summed E-state index contributed by atoms with van der Waals surface area (Å²) in [6, 6.07) is 10.6. The third-order valence-electron chi connectivity index (χ3n) is 5.79. The molecule has 0 saturated heterocycles. The molecule has 3 rings (SSSR count). The van der Waals surface area contributed by atoms with Crippen LogP contribution in [0.3, 0.4) is 0 Å². The number of aliphatic carboxylic acids is 1. The summed E-state index contributed by atoms with van der Waals surface area (Å²) in [5, 5.41) is 12.3. The molecule has 1 aromatic carbocycles. The predicted octanol–water partition coefficient (Wildman–Crippen LogP) is 4.08. The Balaban J connectivity index is 1.62. The molecule has 0 aliphatic carbocycles. The first-order valence-electron chi connectivity index (χ1n) is 12.2. The number of carboxylic acid groups (broad SMARTS) is 1. The first-order valence-corrected chi connectivity index (χ1v) is 12.2. The number of carbonyl (C=O) groups is 2. The van der Waals surface area contributed by atoms with Crippen LogP contribution in [-0.2, 0) is 33.7 Å². The van der Waals surface area contributed by atoms with Gasteiger partial charge in [0.05, 0.1) is 25.6 Å². The molecule has 0 bridgehead atoms. The number of ether oxygens (including phenoxy) is 2. The molecule has 1 aromatic heterocycles. The van der Waals surface area contributed by atoms with Crippen molar-refractivity contribution < 1.29 is 37.3 Å². The van der Waals surface area contributed by atoms with E-state index in [1.165, 1.54) is 0 Å². The number of amides is 1. The Morgan fingerprint density at radius 2 is 2.00 bits per heavy atom. The number of hydrogen-bond acceptors (Lipinski definition) is 6. The molecule has 202 valence electrons. The molecule has 1 aliphatic heterocycles. The van der Waals surface area contributed by atoms with E-state index in [1.54, 1.807) is 18.2 Å². The van der Waals surface area contributed by atoms with Gasteiger partial charge in [0.1, 0.15) is 18.1 Å². The SMILES string of the molecule is CCCOCCNc1cccc(CCOc2ccc3c(c2)CN(CC(F)(F)F)C(=O)[C@H](CC(=O)O)C3)n1. The fraction of sp³-hybridized carbons (Fsp3) is 0.500. The quantitative estimate of drug-likeness (QED) is 0.382. The summed E-state index contributed by atoms with van der Waals surface area (Å²) < 4.78 is 50.6. The van der Waals surface area contributed by atoms with Crippen LogP contribution in [-0.4, -0.2) is 66.0 Å². The minimum absolute atomic E-state index is 0.0578. The van der Waals surface area contributed by atoms with E-state index in [4.69, 9.17) is 14.6 Å². The van der Waals surface area contributed by atoms with Gasteiger partial charge in [0.2, 0.25) is 5.91 Å². The number of fused-ring (bicyclic) bond motifs is 1. The van der Waals surface area contributed by atoms with Gasteiger partial charge in [-0.1, -0.05) is 19.1 Å². The third-order valence-corrected chi connectivity index (χ3v) is 5.79. The molecule has 1 atom stereocenters. The van der Waals surface area contributed by atoms with E-state index < -0.39 is 36.9 Å². The average molecular weight is 524 g/mol. The highest BCUT2D eigenvalue weighted by Gasteiger charge is 2.38. The summed E-state index contributed by atoms with van der Waals surface area (Å²) in [5.74, 6) is -1.91. The lowest BCUT2D eigenvalue weighted by molar-refractivity contribution is -0.165. The highest BCUT2D eigenvalue weighted by atomic mass is 19.4. The van der Waals surface area contributed by atoms with Gasteiger partial charge in [0.25, 0.3) is 0 Å². The number of benzene rings is 1. The third kappa shape index (κ3) is 9.23. The van der Waals surface area contributed by atoms with Crippen molar-refractivity contribution in [2.75, 3.05) is 38.2 Å². The zero-order chi connectivity index (χ0) is 26.8. The van der Waals surface area contributed by atoms with Crippen LogP contribution in [0.25, 0.3) is 0 Å². The van der Waals surface area contributed by atoms with E-state index in [1.807, 2.05) is 25.1 Å². The van der Waals surface area contributed by atoms with Crippen molar-refractivity contribution in [1.82, 2.24) is 9.88 Å². The van der Waals surface area contributed by atoms with E-state index in [9.17, 15) is 22.8 Å². The molecule has 0 radical (unpaired) electrons. The van der Waals surface area contributed by atoms with Gasteiger partial charge < -0.3 is 24.8 Å². The standard InChI is InChI=1S/C26H32F3N3O5/c1-2-10-36-12-9-30-23-5-3-4-21(31-23)8-11-37-22-7-6-18-13-19(15-24(33)34)25(35)32(16-20(18)14-22)17-26(27,28)29/h3-7,14,19H,2,8-13,15-17H2,1H3,(H,30,31)(H,33,34)/t19-/m0/s1. The molecule has 0 unspecified atom stereocenters. The molecule has 0 spiro atoms. The number of halogens is 3. The Bertz CT molecular complexity index is 1060. The Labute approximate surface area is 213 Å². The number of carboxylic acids is 1. The second-order valence-electron chi connectivity index (χ2n) is 8.89. The van der Waals surface area contributed by atoms with Gasteiger partial charge in [0.15, 0.2) is 0 Å². The smallest absolute Gasteiger partial charge is 0.406 e. The van der Waals surface area contributed by atoms with Crippen LogP contribution in [0.5, 0.6) is 5.75 Å². The number of carbonyl (C=O) groups excluding carboxylic acids is 1. The highest BCUT2D eigenvalue weighted by molar-refractivity contribution is 5.84. The lowest BCUT2D eigenvalue weighted by Gasteiger charge is -2.25. The summed E-state index contributed by atoms with van der Waals surface area (Å²) in [6.07, 6.45) is -3.59. The molecular formula is C26H32F3N3O5. The largest absolute Gasteiger partial charge is 0.493 e. The first kappa shape index (κ1) is 28.2. The van der Waals surface area contributed by atoms with Crippen LogP contribution in [0.1, 0.15) is 36.6 Å². The number of nitrogens with zero attached hydrogens (tertiary/aromatic N) is 2. The Morgan fingerprint density at radius 3 is 2.73 bits per heavy atom. The summed E-state index contributed by atoms with van der Waals surface area (Å²) in [6.45, 7) is 2.59. The molecular weight excluding hydrogens is 491 g/mol. The van der Waals surface area contributed by atoms with E-state index in [0.717, 1.165) is 24.5 Å². The highest BCUT2D eigenvalue weighted by Crippen LogP contribution is 2.30. The Morgan fingerprint density at radius 1 is 1.19 bits per heavy atom. The van der Waals surface area contributed by atoms with Gasteiger partial charge in [-0.15, -0.1) is 0 Å². The first-order chi connectivity index (χ1) is 17.6. The van der Waals surface area contributed by atoms with Crippen LogP contribution in [0, 0.1) is 5.92 Å². The minimum Gasteiger partial charge on any atom is -0.493 e. The van der Waals surface area contributed by atoms with Crippen molar-refractivity contribution in [3.05, 3.63) is 53.2 Å². The molecule has 2 heterocycles. The maximum absolute atomic E-state index is 13.1. The Hall–Kier alpha value is -3.34. The second-order valence-corrected chi connectivity index (χ2v) is 8.89. The summed E-state index contributed by atoms with van der Waals surface area (Å²) >= 11 is 0. The van der Waals surface area contributed by atoms with Crippen molar-refractivity contribution in [1.29, 1.82) is 0 Å². The van der Waals surface area contributed by atoms with Crippen LogP contribution < -0.4 is 10.1 Å². The number of pyridine rings is 1. The number of nitrogens with one attached hydrogen (secondary N) is 1. The maximum Gasteiger partial charge on any atom is 0.406 e. The Kier molecular flexibility index (Phi) is 10.1. The van der Waals surface area contributed by atoms with Crippen LogP contribution in [0.15, 0.2) is 36.4 Å². The van der Waals surface area contributed by atoms with Crippen LogP contribution in [0.4, 0.5) is 19.0 Å². The monoisotopic (exact) mass is 523 g/mol. The predicted molar refractivity (Wildman–Crippen MR) is 130 cm³/mol. The number of aromatic nitrogens is 1. The van der Waals surface area contributed by atoms with Gasteiger partial charge in [0, 0.05) is 31.8 Å². The molecule has 1 aliphatic rings. The molecule has 2 N–H and O–H groups in total. The molecule has 8 nitrogen and oxygen atoms in total. The van der Waals surface area contributed by atoms with Crippen LogP contribution in [0.2, 0.25) is 0 Å². The summed E-state index contributed by atoms with van der Waals surface area (Å²) in [4.78, 5) is 29.1. The van der Waals surface area contributed by atoms with Gasteiger partial charge in [-0.3, -0.25) is 9.59 Å². The van der Waals surface area contributed by atoms with Crippen molar-refractivity contribution in [2.24, 2.45) is 5.92 Å².